The molecule has 36 heavy (non-hydrogen) atoms. The highest BCUT2D eigenvalue weighted by Crippen LogP contribution is 2.28. The maximum Gasteiger partial charge on any atom is 0.230 e. The van der Waals surface area contributed by atoms with Gasteiger partial charge in [-0.1, -0.05) is 44.1 Å². The smallest absolute Gasteiger partial charge is 0.230 e. The third kappa shape index (κ3) is 4.75. The third-order valence-electron chi connectivity index (χ3n) is 5.89. The van der Waals surface area contributed by atoms with Crippen LogP contribution in [-0.2, 0) is 16.6 Å². The number of nitrogens with zero attached hydrogens (tertiary/aromatic N) is 3. The molecule has 1 amide bonds. The van der Waals surface area contributed by atoms with Gasteiger partial charge in [0.1, 0.15) is 23.7 Å². The van der Waals surface area contributed by atoms with E-state index in [1.165, 1.54) is 12.1 Å². The lowest BCUT2D eigenvalue weighted by Crippen LogP contribution is -2.14. The largest absolute Gasteiger partial charge is 0.359 e. The number of halogens is 2. The van der Waals surface area contributed by atoms with E-state index in [1.54, 1.807) is 24.5 Å². The number of imidazole rings is 1. The highest BCUT2D eigenvalue weighted by Gasteiger charge is 2.20. The summed E-state index contributed by atoms with van der Waals surface area (Å²) in [5.74, 6) is -0.331. The average Bonchev–Trinajstić information content (AvgIpc) is 3.46. The summed E-state index contributed by atoms with van der Waals surface area (Å²) in [4.78, 5) is 16.9. The molecule has 6 nitrogen and oxygen atoms in total. The van der Waals surface area contributed by atoms with Gasteiger partial charge in [0.2, 0.25) is 5.91 Å². The molecule has 8 heteroatoms. The van der Waals surface area contributed by atoms with Crippen molar-refractivity contribution in [1.82, 2.24) is 14.7 Å². The van der Waals surface area contributed by atoms with Gasteiger partial charge in [0, 0.05) is 28.8 Å². The summed E-state index contributed by atoms with van der Waals surface area (Å²) in [5, 5.41) is 6.69. The van der Waals surface area contributed by atoms with Crippen molar-refractivity contribution in [2.24, 2.45) is 0 Å². The maximum absolute atomic E-state index is 14.2. The first-order chi connectivity index (χ1) is 17.2. The Morgan fingerprint density at radius 3 is 2.47 bits per heavy atom. The Bertz CT molecular complexity index is 1560. The predicted molar refractivity (Wildman–Crippen MR) is 134 cm³/mol. The number of rotatable bonds is 5. The van der Waals surface area contributed by atoms with E-state index in [0.717, 1.165) is 22.8 Å². The van der Waals surface area contributed by atoms with Gasteiger partial charge in [-0.3, -0.25) is 9.36 Å². The van der Waals surface area contributed by atoms with Crippen molar-refractivity contribution in [1.29, 1.82) is 0 Å². The lowest BCUT2D eigenvalue weighted by atomic mass is 9.93. The molecular formula is C28H24F2N4O2. The highest BCUT2D eigenvalue weighted by molar-refractivity contribution is 5.91. The number of benzene rings is 3. The van der Waals surface area contributed by atoms with Crippen LogP contribution in [0.3, 0.4) is 0 Å². The minimum Gasteiger partial charge on any atom is -0.359 e. The molecule has 0 aliphatic rings. The van der Waals surface area contributed by atoms with Crippen LogP contribution in [0.2, 0.25) is 0 Å². The number of carbonyl (C=O) groups is 1. The zero-order valence-corrected chi connectivity index (χ0v) is 20.0. The van der Waals surface area contributed by atoms with E-state index in [1.807, 2.05) is 55.7 Å². The fourth-order valence-corrected chi connectivity index (χ4v) is 3.94. The topological polar surface area (TPSA) is 73.0 Å². The lowest BCUT2D eigenvalue weighted by molar-refractivity contribution is -0.115. The Morgan fingerprint density at radius 1 is 1.00 bits per heavy atom. The summed E-state index contributed by atoms with van der Waals surface area (Å²) < 4.78 is 34.7. The lowest BCUT2D eigenvalue weighted by Gasteiger charge is -2.12. The Morgan fingerprint density at radius 2 is 1.78 bits per heavy atom. The van der Waals surface area contributed by atoms with Gasteiger partial charge in [-0.05, 0) is 47.5 Å². The minimum absolute atomic E-state index is 0.190. The molecule has 182 valence electrons. The van der Waals surface area contributed by atoms with Crippen LogP contribution in [0, 0.1) is 11.6 Å². The summed E-state index contributed by atoms with van der Waals surface area (Å²) in [6.45, 7) is 6.03. The van der Waals surface area contributed by atoms with Crippen molar-refractivity contribution in [3.8, 4) is 16.8 Å². The van der Waals surface area contributed by atoms with Gasteiger partial charge >= 0.3 is 0 Å². The van der Waals surface area contributed by atoms with Crippen molar-refractivity contribution in [3.63, 3.8) is 0 Å². The first-order valence-corrected chi connectivity index (χ1v) is 11.5. The van der Waals surface area contributed by atoms with Crippen LogP contribution in [-0.4, -0.2) is 20.6 Å². The van der Waals surface area contributed by atoms with Crippen LogP contribution in [0.5, 0.6) is 0 Å². The molecule has 5 aromatic rings. The third-order valence-corrected chi connectivity index (χ3v) is 5.89. The molecule has 2 aromatic heterocycles. The van der Waals surface area contributed by atoms with E-state index >= 15 is 0 Å². The predicted octanol–water partition coefficient (Wildman–Crippen LogP) is 6.44. The number of nitrogens with one attached hydrogen (secondary N) is 1. The number of carbonyl (C=O) groups excluding carboxylic acids is 1. The summed E-state index contributed by atoms with van der Waals surface area (Å²) in [5.41, 5.74) is 3.98. The van der Waals surface area contributed by atoms with Crippen LogP contribution < -0.4 is 5.32 Å². The van der Waals surface area contributed by atoms with Crippen LogP contribution in [0.25, 0.3) is 27.8 Å². The van der Waals surface area contributed by atoms with Crippen molar-refractivity contribution >= 4 is 22.8 Å². The molecule has 0 spiro atoms. The van der Waals surface area contributed by atoms with Gasteiger partial charge in [0.25, 0.3) is 0 Å². The molecule has 0 saturated heterocycles. The Balaban J connectivity index is 1.30. The molecule has 5 rings (SSSR count). The summed E-state index contributed by atoms with van der Waals surface area (Å²) >= 11 is 0. The summed E-state index contributed by atoms with van der Waals surface area (Å²) in [6.07, 6.45) is 1.88. The van der Waals surface area contributed by atoms with E-state index in [-0.39, 0.29) is 17.7 Å². The van der Waals surface area contributed by atoms with Crippen LogP contribution in [0.4, 0.5) is 14.6 Å². The normalized spacial score (nSPS) is 11.7. The molecule has 0 aliphatic heterocycles. The van der Waals surface area contributed by atoms with Crippen molar-refractivity contribution in [2.45, 2.75) is 32.6 Å². The van der Waals surface area contributed by atoms with E-state index in [9.17, 15) is 13.6 Å². The fraction of sp³-hybridized carbons (Fsp3) is 0.179. The van der Waals surface area contributed by atoms with Crippen LogP contribution >= 0.6 is 0 Å². The maximum atomic E-state index is 14.2. The average molecular weight is 487 g/mol. The molecule has 0 bridgehead atoms. The Hall–Kier alpha value is -4.33. The second-order valence-electron chi connectivity index (χ2n) is 9.66. The van der Waals surface area contributed by atoms with Crippen molar-refractivity contribution in [3.05, 3.63) is 96.0 Å². The number of hydrogen-bond donors (Lipinski definition) is 1. The van der Waals surface area contributed by atoms with Gasteiger partial charge in [0.05, 0.1) is 17.5 Å². The van der Waals surface area contributed by atoms with Crippen LogP contribution in [0.1, 0.15) is 32.1 Å². The van der Waals surface area contributed by atoms with Gasteiger partial charge in [-0.25, -0.2) is 13.8 Å². The van der Waals surface area contributed by atoms with E-state index in [0.29, 0.717) is 28.2 Å². The standard InChI is InChI=1S/C28H24F2N4O2/c1-28(2,3)25-15-26(33-36-25)32-27(35)12-17-4-8-20(9-5-17)34-16-31-23-13-18(6-11-24(23)34)21-10-7-19(29)14-22(21)30/h4-11,13-16H,12H2,1-3H3,(H,32,33,35). The number of fused-ring (bicyclic) bond motifs is 1. The second-order valence-corrected chi connectivity index (χ2v) is 9.66. The molecule has 1 N–H and O–H groups in total. The zero-order valence-electron chi connectivity index (χ0n) is 20.0. The van der Waals surface area contributed by atoms with E-state index < -0.39 is 11.6 Å². The van der Waals surface area contributed by atoms with E-state index in [4.69, 9.17) is 4.52 Å². The molecule has 0 saturated carbocycles. The summed E-state index contributed by atoms with van der Waals surface area (Å²) in [6, 6.07) is 18.2. The minimum atomic E-state index is -0.619. The summed E-state index contributed by atoms with van der Waals surface area (Å²) in [7, 11) is 0. The molecule has 3 aromatic carbocycles. The SMILES string of the molecule is CC(C)(C)c1cc(NC(=O)Cc2ccc(-n3cnc4cc(-c5ccc(F)cc5F)ccc43)cc2)no1. The molecule has 2 heterocycles. The van der Waals surface area contributed by atoms with Crippen molar-refractivity contribution in [2.75, 3.05) is 5.32 Å². The Labute approximate surface area is 206 Å². The molecule has 0 aliphatic carbocycles. The van der Waals surface area contributed by atoms with Gasteiger partial charge in [0.15, 0.2) is 5.82 Å². The molecule has 0 radical (unpaired) electrons. The quantitative estimate of drug-likeness (QED) is 0.310. The Kier molecular flexibility index (Phi) is 5.88. The number of amides is 1. The number of hydrogen-bond acceptors (Lipinski definition) is 4. The molecule has 0 unspecified atom stereocenters. The van der Waals surface area contributed by atoms with Gasteiger partial charge in [-0.2, -0.15) is 0 Å². The molecular weight excluding hydrogens is 462 g/mol. The van der Waals surface area contributed by atoms with E-state index in [2.05, 4.69) is 15.5 Å². The zero-order chi connectivity index (χ0) is 25.4. The molecule has 0 fully saturated rings. The van der Waals surface area contributed by atoms with Crippen LogP contribution in [0.15, 0.2) is 77.6 Å². The number of anilines is 1. The highest BCUT2D eigenvalue weighted by atomic mass is 19.1. The van der Waals surface area contributed by atoms with Crippen molar-refractivity contribution < 1.29 is 18.1 Å². The first-order valence-electron chi connectivity index (χ1n) is 11.5. The van der Waals surface area contributed by atoms with Gasteiger partial charge < -0.3 is 9.84 Å². The number of aromatic nitrogens is 3. The molecule has 0 atom stereocenters. The fourth-order valence-electron chi connectivity index (χ4n) is 3.94. The monoisotopic (exact) mass is 486 g/mol. The second kappa shape index (κ2) is 9.03. The first kappa shape index (κ1) is 23.4. The van der Waals surface area contributed by atoms with Gasteiger partial charge in [-0.15, -0.1) is 0 Å².